The van der Waals surface area contributed by atoms with Gasteiger partial charge in [-0.1, -0.05) is 20.8 Å². The van der Waals surface area contributed by atoms with Gasteiger partial charge in [-0.15, -0.1) is 0 Å². The van der Waals surface area contributed by atoms with Crippen molar-refractivity contribution in [1.29, 1.82) is 0 Å². The molecule has 3 nitrogen and oxygen atoms in total. The van der Waals surface area contributed by atoms with E-state index in [2.05, 4.69) is 65.6 Å². The number of nitrogens with one attached hydrogen (secondary N) is 1. The molecule has 0 bridgehead atoms. The van der Waals surface area contributed by atoms with Gasteiger partial charge in [0.1, 0.15) is 0 Å². The molecule has 0 saturated heterocycles. The van der Waals surface area contributed by atoms with E-state index in [1.54, 1.807) is 0 Å². The Kier molecular flexibility index (Phi) is 5.20. The van der Waals surface area contributed by atoms with Crippen molar-refractivity contribution in [3.05, 3.63) is 15.9 Å². The van der Waals surface area contributed by atoms with Crippen LogP contribution in [0.4, 0.5) is 0 Å². The van der Waals surface area contributed by atoms with Crippen LogP contribution in [0.1, 0.15) is 39.1 Å². The SMILES string of the molecule is CCNCC(C)(C)Cc1c(Br)c(C)nn1CC. The average Bonchev–Trinajstić information content (AvgIpc) is 2.54. The van der Waals surface area contributed by atoms with Gasteiger partial charge < -0.3 is 5.32 Å². The molecule has 0 spiro atoms. The lowest BCUT2D eigenvalue weighted by Gasteiger charge is -2.25. The molecule has 0 aromatic carbocycles. The van der Waals surface area contributed by atoms with Crippen LogP contribution in [0.2, 0.25) is 0 Å². The smallest absolute Gasteiger partial charge is 0.0738 e. The molecule has 0 atom stereocenters. The molecule has 1 aromatic heterocycles. The summed E-state index contributed by atoms with van der Waals surface area (Å²) in [5.74, 6) is 0. The van der Waals surface area contributed by atoms with Crippen LogP contribution in [-0.2, 0) is 13.0 Å². The zero-order chi connectivity index (χ0) is 13.1. The Labute approximate surface area is 113 Å². The van der Waals surface area contributed by atoms with Crippen LogP contribution in [0.15, 0.2) is 4.47 Å². The van der Waals surface area contributed by atoms with Gasteiger partial charge in [-0.25, -0.2) is 0 Å². The van der Waals surface area contributed by atoms with Crippen molar-refractivity contribution in [2.45, 2.75) is 47.6 Å². The van der Waals surface area contributed by atoms with Crippen LogP contribution >= 0.6 is 15.9 Å². The van der Waals surface area contributed by atoms with E-state index in [9.17, 15) is 0 Å². The maximum atomic E-state index is 4.54. The summed E-state index contributed by atoms with van der Waals surface area (Å²) >= 11 is 3.66. The quantitative estimate of drug-likeness (QED) is 0.875. The van der Waals surface area contributed by atoms with Gasteiger partial charge in [-0.05, 0) is 48.2 Å². The van der Waals surface area contributed by atoms with Crippen molar-refractivity contribution < 1.29 is 0 Å². The minimum atomic E-state index is 0.248. The third-order valence-corrected chi connectivity index (χ3v) is 3.98. The molecule has 98 valence electrons. The van der Waals surface area contributed by atoms with Crippen LogP contribution in [0.3, 0.4) is 0 Å². The summed E-state index contributed by atoms with van der Waals surface area (Å²) in [5.41, 5.74) is 2.65. The Morgan fingerprint density at radius 1 is 1.35 bits per heavy atom. The van der Waals surface area contributed by atoms with Gasteiger partial charge in [-0.3, -0.25) is 4.68 Å². The lowest BCUT2D eigenvalue weighted by Crippen LogP contribution is -2.31. The second-order valence-corrected chi connectivity index (χ2v) is 6.08. The van der Waals surface area contributed by atoms with Gasteiger partial charge in [0.15, 0.2) is 0 Å². The molecule has 1 heterocycles. The number of rotatable bonds is 6. The van der Waals surface area contributed by atoms with Crippen molar-refractivity contribution in [3.8, 4) is 0 Å². The molecule has 0 radical (unpaired) electrons. The molecule has 1 rings (SSSR count). The van der Waals surface area contributed by atoms with E-state index in [-0.39, 0.29) is 5.41 Å². The summed E-state index contributed by atoms with van der Waals surface area (Å²) in [6, 6.07) is 0. The zero-order valence-electron chi connectivity index (χ0n) is 11.6. The number of aromatic nitrogens is 2. The minimum Gasteiger partial charge on any atom is -0.316 e. The zero-order valence-corrected chi connectivity index (χ0v) is 13.2. The first-order valence-electron chi connectivity index (χ1n) is 6.33. The molecule has 0 saturated carbocycles. The molecule has 0 fully saturated rings. The van der Waals surface area contributed by atoms with Crippen LogP contribution < -0.4 is 5.32 Å². The first-order valence-corrected chi connectivity index (χ1v) is 7.13. The topological polar surface area (TPSA) is 29.9 Å². The lowest BCUT2D eigenvalue weighted by atomic mass is 9.87. The standard InChI is InChI=1S/C13H24BrN3/c1-6-15-9-13(4,5)8-11-12(14)10(3)16-17(11)7-2/h15H,6-9H2,1-5H3. The van der Waals surface area contributed by atoms with E-state index in [4.69, 9.17) is 0 Å². The van der Waals surface area contributed by atoms with Crippen molar-refractivity contribution in [2.75, 3.05) is 13.1 Å². The maximum absolute atomic E-state index is 4.54. The molecule has 0 amide bonds. The summed E-state index contributed by atoms with van der Waals surface area (Å²) in [5, 5.41) is 7.97. The van der Waals surface area contributed by atoms with Gasteiger partial charge in [0.05, 0.1) is 15.9 Å². The predicted molar refractivity (Wildman–Crippen MR) is 76.4 cm³/mol. The highest BCUT2D eigenvalue weighted by atomic mass is 79.9. The van der Waals surface area contributed by atoms with Gasteiger partial charge in [0.2, 0.25) is 0 Å². The van der Waals surface area contributed by atoms with E-state index >= 15 is 0 Å². The highest BCUT2D eigenvalue weighted by molar-refractivity contribution is 9.10. The molecule has 0 aliphatic carbocycles. The number of aryl methyl sites for hydroxylation is 2. The van der Waals surface area contributed by atoms with Gasteiger partial charge in [0.25, 0.3) is 0 Å². The van der Waals surface area contributed by atoms with Gasteiger partial charge in [-0.2, -0.15) is 5.10 Å². The number of halogens is 1. The number of hydrogen-bond acceptors (Lipinski definition) is 2. The maximum Gasteiger partial charge on any atom is 0.0738 e. The van der Waals surface area contributed by atoms with Crippen LogP contribution in [0.5, 0.6) is 0 Å². The number of hydrogen-bond donors (Lipinski definition) is 1. The number of nitrogens with zero attached hydrogens (tertiary/aromatic N) is 2. The summed E-state index contributed by atoms with van der Waals surface area (Å²) in [6.45, 7) is 13.9. The molecular weight excluding hydrogens is 278 g/mol. The Hall–Kier alpha value is -0.350. The first-order chi connectivity index (χ1) is 7.91. The van der Waals surface area contributed by atoms with Crippen molar-refractivity contribution in [3.63, 3.8) is 0 Å². The largest absolute Gasteiger partial charge is 0.316 e. The monoisotopic (exact) mass is 301 g/mol. The molecular formula is C13H24BrN3. The van der Waals surface area contributed by atoms with Crippen LogP contribution in [0.25, 0.3) is 0 Å². The molecule has 4 heteroatoms. The van der Waals surface area contributed by atoms with E-state index in [1.165, 1.54) is 10.2 Å². The first kappa shape index (κ1) is 14.7. The summed E-state index contributed by atoms with van der Waals surface area (Å²) in [6.07, 6.45) is 1.04. The summed E-state index contributed by atoms with van der Waals surface area (Å²) in [4.78, 5) is 0. The highest BCUT2D eigenvalue weighted by Gasteiger charge is 2.23. The second kappa shape index (κ2) is 6.01. The molecule has 0 aliphatic heterocycles. The Bertz CT molecular complexity index is 369. The fourth-order valence-corrected chi connectivity index (χ4v) is 2.44. The molecule has 0 unspecified atom stereocenters. The van der Waals surface area contributed by atoms with E-state index in [0.717, 1.165) is 31.7 Å². The van der Waals surface area contributed by atoms with Crippen LogP contribution in [0, 0.1) is 12.3 Å². The van der Waals surface area contributed by atoms with Crippen LogP contribution in [-0.4, -0.2) is 22.9 Å². The third-order valence-electron chi connectivity index (χ3n) is 2.95. The average molecular weight is 302 g/mol. The Balaban J connectivity index is 2.86. The summed E-state index contributed by atoms with van der Waals surface area (Å²) in [7, 11) is 0. The minimum absolute atomic E-state index is 0.248. The van der Waals surface area contributed by atoms with E-state index < -0.39 is 0 Å². The van der Waals surface area contributed by atoms with E-state index in [1.807, 2.05) is 0 Å². The third kappa shape index (κ3) is 3.81. The molecule has 0 aliphatic rings. The Morgan fingerprint density at radius 3 is 2.53 bits per heavy atom. The molecule has 1 N–H and O–H groups in total. The fourth-order valence-electron chi connectivity index (χ4n) is 2.02. The van der Waals surface area contributed by atoms with Crippen molar-refractivity contribution in [1.82, 2.24) is 15.1 Å². The normalized spacial score (nSPS) is 12.1. The summed E-state index contributed by atoms with van der Waals surface area (Å²) < 4.78 is 3.27. The second-order valence-electron chi connectivity index (χ2n) is 5.28. The molecule has 1 aromatic rings. The lowest BCUT2D eigenvalue weighted by molar-refractivity contribution is 0.331. The predicted octanol–water partition coefficient (Wildman–Crippen LogP) is 3.15. The van der Waals surface area contributed by atoms with Crippen molar-refractivity contribution >= 4 is 15.9 Å². The highest BCUT2D eigenvalue weighted by Crippen LogP contribution is 2.28. The Morgan fingerprint density at radius 2 is 2.00 bits per heavy atom. The fraction of sp³-hybridized carbons (Fsp3) is 0.769. The van der Waals surface area contributed by atoms with Gasteiger partial charge >= 0.3 is 0 Å². The van der Waals surface area contributed by atoms with Crippen molar-refractivity contribution in [2.24, 2.45) is 5.41 Å². The molecule has 17 heavy (non-hydrogen) atoms. The van der Waals surface area contributed by atoms with E-state index in [0.29, 0.717) is 0 Å². The van der Waals surface area contributed by atoms with Gasteiger partial charge in [0, 0.05) is 13.1 Å².